The lowest BCUT2D eigenvalue weighted by atomic mass is 9.70. The first-order valence-electron chi connectivity index (χ1n) is 16.8. The van der Waals surface area contributed by atoms with Crippen molar-refractivity contribution in [2.24, 2.45) is 5.41 Å². The van der Waals surface area contributed by atoms with Gasteiger partial charge in [0.25, 0.3) is 0 Å². The maximum Gasteiger partial charge on any atom is 0.471 e. The molecule has 3 aliphatic heterocycles. The third-order valence-corrected chi connectivity index (χ3v) is 11.0. The number of aryl methyl sites for hydroxylation is 1. The van der Waals surface area contributed by atoms with E-state index in [1.807, 2.05) is 17.4 Å². The first-order chi connectivity index (χ1) is 22.2. The molecule has 7 nitrogen and oxygen atoms in total. The number of fused-ring (bicyclic) bond motifs is 3. The minimum Gasteiger partial charge on any atom is -0.341 e. The second-order valence-electron chi connectivity index (χ2n) is 14.9. The van der Waals surface area contributed by atoms with Crippen LogP contribution in [0.1, 0.15) is 83.1 Å². The zero-order valence-corrected chi connectivity index (χ0v) is 27.6. The number of hydrogen-bond donors (Lipinski definition) is 1. The molecule has 2 aromatic carbocycles. The maximum absolute atomic E-state index is 14.6. The summed E-state index contributed by atoms with van der Waals surface area (Å²) in [5, 5.41) is 1.95. The quantitative estimate of drug-likeness (QED) is 0.288. The van der Waals surface area contributed by atoms with Crippen molar-refractivity contribution in [3.8, 4) is 0 Å². The Morgan fingerprint density at radius 3 is 2.26 bits per heavy atom. The van der Waals surface area contributed by atoms with E-state index in [-0.39, 0.29) is 5.82 Å². The largest absolute Gasteiger partial charge is 0.471 e. The molecule has 3 saturated heterocycles. The first-order valence-corrected chi connectivity index (χ1v) is 16.8. The van der Waals surface area contributed by atoms with Crippen LogP contribution in [-0.4, -0.2) is 75.1 Å². The highest BCUT2D eigenvalue weighted by Crippen LogP contribution is 2.45. The predicted molar refractivity (Wildman–Crippen MR) is 172 cm³/mol. The summed E-state index contributed by atoms with van der Waals surface area (Å²) in [7, 11) is 0. The third kappa shape index (κ3) is 6.65. The number of piperidine rings is 2. The van der Waals surface area contributed by atoms with Crippen molar-refractivity contribution in [2.45, 2.75) is 108 Å². The van der Waals surface area contributed by atoms with Gasteiger partial charge in [-0.3, -0.25) is 14.5 Å². The monoisotopic (exact) mass is 655 g/mol. The molecule has 0 spiro atoms. The molecule has 0 aliphatic carbocycles. The van der Waals surface area contributed by atoms with E-state index in [9.17, 15) is 27.2 Å². The smallest absolute Gasteiger partial charge is 0.341 e. The van der Waals surface area contributed by atoms with Crippen molar-refractivity contribution < 1.29 is 27.2 Å². The molecule has 4 heterocycles. The predicted octanol–water partition coefficient (Wildman–Crippen LogP) is 6.70. The van der Waals surface area contributed by atoms with Crippen LogP contribution in [0, 0.1) is 18.2 Å². The van der Waals surface area contributed by atoms with E-state index < -0.39 is 34.9 Å². The van der Waals surface area contributed by atoms with Crippen LogP contribution < -0.4 is 5.32 Å². The molecular weight excluding hydrogens is 610 g/mol. The second-order valence-corrected chi connectivity index (χ2v) is 14.9. The number of likely N-dealkylation sites (tertiary alicyclic amines) is 1. The SMILES string of the molecule is Cc1nc2ccccc2n1[C@H]1C[C@H]2CC[C@@H](C1)N2CCC1(c2cccc(F)c2)CCN(C(=O)[C@@H](NC(=O)C(F)(F)F)C(C)(C)C)CC1. The molecule has 3 aromatic rings. The summed E-state index contributed by atoms with van der Waals surface area (Å²) in [6, 6.07) is 14.9. The zero-order valence-electron chi connectivity index (χ0n) is 27.6. The number of imidazole rings is 1. The molecule has 1 aromatic heterocycles. The zero-order chi connectivity index (χ0) is 33.7. The Morgan fingerprint density at radius 2 is 1.64 bits per heavy atom. The summed E-state index contributed by atoms with van der Waals surface area (Å²) in [4.78, 5) is 34.5. The van der Waals surface area contributed by atoms with Crippen LogP contribution in [0.3, 0.4) is 0 Å². The van der Waals surface area contributed by atoms with Crippen molar-refractivity contribution in [1.82, 2.24) is 24.7 Å². The number of aromatic nitrogens is 2. The van der Waals surface area contributed by atoms with Crippen LogP contribution in [0.5, 0.6) is 0 Å². The summed E-state index contributed by atoms with van der Waals surface area (Å²) < 4.78 is 56.4. The maximum atomic E-state index is 14.6. The van der Waals surface area contributed by atoms with Crippen molar-refractivity contribution in [1.29, 1.82) is 0 Å². The van der Waals surface area contributed by atoms with Crippen molar-refractivity contribution in [3.05, 3.63) is 65.7 Å². The highest BCUT2D eigenvalue weighted by atomic mass is 19.4. The molecule has 3 fully saturated rings. The van der Waals surface area contributed by atoms with Gasteiger partial charge in [0.1, 0.15) is 17.7 Å². The van der Waals surface area contributed by atoms with Crippen molar-refractivity contribution in [2.75, 3.05) is 19.6 Å². The van der Waals surface area contributed by atoms with E-state index in [0.717, 1.165) is 55.6 Å². The normalized spacial score (nSPS) is 24.0. The van der Waals surface area contributed by atoms with Gasteiger partial charge in [0.05, 0.1) is 11.0 Å². The lowest BCUT2D eigenvalue weighted by molar-refractivity contribution is -0.176. The Hall–Kier alpha value is -3.47. The van der Waals surface area contributed by atoms with Gasteiger partial charge in [-0.05, 0) is 99.1 Å². The van der Waals surface area contributed by atoms with Gasteiger partial charge in [0.2, 0.25) is 5.91 Å². The molecule has 0 radical (unpaired) electrons. The number of para-hydroxylation sites is 2. The third-order valence-electron chi connectivity index (χ3n) is 11.0. The van der Waals surface area contributed by atoms with Crippen LogP contribution in [-0.2, 0) is 15.0 Å². The van der Waals surface area contributed by atoms with Gasteiger partial charge < -0.3 is 14.8 Å². The van der Waals surface area contributed by atoms with Gasteiger partial charge in [-0.1, -0.05) is 45.0 Å². The number of halogens is 4. The number of alkyl halides is 3. The molecule has 0 saturated carbocycles. The lowest BCUT2D eigenvalue weighted by Gasteiger charge is -2.46. The molecule has 4 atom stereocenters. The topological polar surface area (TPSA) is 70.5 Å². The Kier molecular flexibility index (Phi) is 8.91. The molecule has 1 N–H and O–H groups in total. The van der Waals surface area contributed by atoms with Crippen LogP contribution in [0.15, 0.2) is 48.5 Å². The number of amides is 2. The second kappa shape index (κ2) is 12.5. The number of nitrogens with one attached hydrogen (secondary N) is 1. The fourth-order valence-electron chi connectivity index (χ4n) is 8.49. The van der Waals surface area contributed by atoms with Gasteiger partial charge in [-0.25, -0.2) is 9.37 Å². The lowest BCUT2D eigenvalue weighted by Crippen LogP contribution is -2.59. The molecule has 2 amide bonds. The van der Waals surface area contributed by atoms with Crippen molar-refractivity contribution in [3.63, 3.8) is 0 Å². The summed E-state index contributed by atoms with van der Waals surface area (Å²) in [6.45, 7) is 8.48. The molecule has 0 unspecified atom stereocenters. The highest BCUT2D eigenvalue weighted by Gasteiger charge is 2.47. The number of rotatable bonds is 7. The standard InChI is InChI=1S/C36H45F4N5O2/c1-23-41-29-10-5-6-11-30(29)45(23)28-21-26-12-13-27(22-28)44(26)19-16-35(24-8-7-9-25(37)20-24)14-17-43(18-15-35)32(46)31(34(2,3)4)42-33(47)36(38,39)40/h5-11,20,26-28,31H,12-19,21-22H2,1-4H3,(H,42,47)/t26-,27+,28+,31-/m1/s1. The highest BCUT2D eigenvalue weighted by molar-refractivity contribution is 5.90. The van der Waals surface area contributed by atoms with Crippen molar-refractivity contribution >= 4 is 22.8 Å². The number of carbonyl (C=O) groups is 2. The summed E-state index contributed by atoms with van der Waals surface area (Å²) in [5.74, 6) is -1.91. The van der Waals surface area contributed by atoms with Crippen LogP contribution in [0.4, 0.5) is 17.6 Å². The number of hydrogen-bond acceptors (Lipinski definition) is 4. The van der Waals surface area contributed by atoms with Gasteiger partial charge in [0, 0.05) is 31.2 Å². The first kappa shape index (κ1) is 33.4. The summed E-state index contributed by atoms with van der Waals surface area (Å²) in [6.07, 6.45) is 1.18. The Balaban J connectivity index is 1.17. The minimum absolute atomic E-state index is 0.311. The van der Waals surface area contributed by atoms with Crippen LogP contribution in [0.25, 0.3) is 11.0 Å². The summed E-state index contributed by atoms with van der Waals surface area (Å²) in [5.41, 5.74) is 1.78. The Labute approximate surface area is 273 Å². The molecular formula is C36H45F4N5O2. The van der Waals surface area contributed by atoms with Crippen LogP contribution in [0.2, 0.25) is 0 Å². The van der Waals surface area contributed by atoms with Gasteiger partial charge in [0.15, 0.2) is 0 Å². The van der Waals surface area contributed by atoms with E-state index in [4.69, 9.17) is 4.98 Å². The van der Waals surface area contributed by atoms with E-state index in [2.05, 4.69) is 34.6 Å². The summed E-state index contributed by atoms with van der Waals surface area (Å²) >= 11 is 0. The molecule has 11 heteroatoms. The van der Waals surface area contributed by atoms with E-state index in [0.29, 0.717) is 44.1 Å². The van der Waals surface area contributed by atoms with E-state index in [1.165, 1.54) is 11.6 Å². The van der Waals surface area contributed by atoms with Crippen LogP contribution >= 0.6 is 0 Å². The fourth-order valence-corrected chi connectivity index (χ4v) is 8.49. The van der Waals surface area contributed by atoms with Gasteiger partial charge >= 0.3 is 12.1 Å². The van der Waals surface area contributed by atoms with E-state index in [1.54, 1.807) is 37.8 Å². The van der Waals surface area contributed by atoms with Gasteiger partial charge in [-0.2, -0.15) is 13.2 Å². The molecule has 6 rings (SSSR count). The molecule has 254 valence electrons. The average molecular weight is 656 g/mol. The molecule has 47 heavy (non-hydrogen) atoms. The Morgan fingerprint density at radius 1 is 0.979 bits per heavy atom. The minimum atomic E-state index is -5.09. The number of nitrogens with zero attached hydrogens (tertiary/aromatic N) is 4. The number of benzene rings is 2. The Bertz CT molecular complexity index is 1610. The fraction of sp³-hybridized carbons (Fsp3) is 0.583. The number of carbonyl (C=O) groups excluding carboxylic acids is 2. The van der Waals surface area contributed by atoms with Gasteiger partial charge in [-0.15, -0.1) is 0 Å². The average Bonchev–Trinajstić information content (AvgIpc) is 3.47. The molecule has 2 bridgehead atoms. The van der Waals surface area contributed by atoms with E-state index >= 15 is 0 Å². The molecule has 3 aliphatic rings.